The van der Waals surface area contributed by atoms with Crippen molar-refractivity contribution in [1.82, 2.24) is 4.98 Å². The number of hydrogen-bond acceptors (Lipinski definition) is 4. The molecule has 8 heteroatoms. The highest BCUT2D eigenvalue weighted by atomic mass is 19.4. The van der Waals surface area contributed by atoms with Crippen LogP contribution in [-0.4, -0.2) is 17.4 Å². The fourth-order valence-corrected chi connectivity index (χ4v) is 3.53. The van der Waals surface area contributed by atoms with Gasteiger partial charge >= 0.3 is 12.1 Å². The third-order valence-electron chi connectivity index (χ3n) is 4.81. The van der Waals surface area contributed by atoms with E-state index in [0.29, 0.717) is 30.8 Å². The molecule has 1 aliphatic rings. The molecule has 0 spiro atoms. The van der Waals surface area contributed by atoms with Gasteiger partial charge in [0.25, 0.3) is 0 Å². The van der Waals surface area contributed by atoms with Gasteiger partial charge in [-0.15, -0.1) is 0 Å². The number of alkyl halides is 3. The quantitative estimate of drug-likeness (QED) is 0.612. The first-order chi connectivity index (χ1) is 14.3. The van der Waals surface area contributed by atoms with Crippen molar-refractivity contribution in [2.75, 3.05) is 16.8 Å². The number of aryl methyl sites for hydroxylation is 2. The molecule has 0 fully saturated rings. The summed E-state index contributed by atoms with van der Waals surface area (Å²) in [5, 5.41) is 2.99. The average molecular weight is 440 g/mol. The van der Waals surface area contributed by atoms with Crippen LogP contribution in [0, 0.1) is 19.3 Å². The lowest BCUT2D eigenvalue weighted by molar-refractivity contribution is -0.157. The Morgan fingerprint density at radius 3 is 2.26 bits per heavy atom. The number of benzene rings is 1. The van der Waals surface area contributed by atoms with Crippen LogP contribution < -0.4 is 10.2 Å². The van der Waals surface area contributed by atoms with E-state index in [4.69, 9.17) is 4.42 Å². The van der Waals surface area contributed by atoms with E-state index in [9.17, 15) is 18.0 Å². The Morgan fingerprint density at radius 1 is 1.16 bits per heavy atom. The molecule has 0 saturated carbocycles. The molecule has 0 bridgehead atoms. The molecule has 0 saturated heterocycles. The van der Waals surface area contributed by atoms with Crippen molar-refractivity contribution in [3.63, 3.8) is 0 Å². The van der Waals surface area contributed by atoms with Gasteiger partial charge in [0.15, 0.2) is 0 Å². The lowest BCUT2D eigenvalue weighted by atomic mass is 9.92. The van der Waals surface area contributed by atoms with Gasteiger partial charge in [-0.05, 0) is 42.5 Å². The Hall–Kier alpha value is -2.51. The zero-order valence-electron chi connectivity index (χ0n) is 19.3. The monoisotopic (exact) mass is 439 g/mol. The van der Waals surface area contributed by atoms with E-state index in [1.807, 2.05) is 65.5 Å². The zero-order chi connectivity index (χ0) is 23.6. The largest absolute Gasteiger partial charge is 0.468 e. The van der Waals surface area contributed by atoms with Crippen molar-refractivity contribution in [1.29, 1.82) is 0 Å². The summed E-state index contributed by atoms with van der Waals surface area (Å²) in [6, 6.07) is 3.88. The second-order valence-electron chi connectivity index (χ2n) is 8.80. The number of rotatable bonds is 3. The van der Waals surface area contributed by atoms with Crippen LogP contribution in [0.15, 0.2) is 16.5 Å². The first kappa shape index (κ1) is 24.8. The van der Waals surface area contributed by atoms with Crippen LogP contribution in [0.4, 0.5) is 24.5 Å². The number of nitrogens with zero attached hydrogens (tertiary/aromatic N) is 2. The second kappa shape index (κ2) is 9.32. The third-order valence-corrected chi connectivity index (χ3v) is 4.81. The van der Waals surface area contributed by atoms with E-state index in [2.05, 4.69) is 10.3 Å². The number of carbonyl (C=O) groups is 1. The molecule has 2 aromatic rings. The highest BCUT2D eigenvalue weighted by molar-refractivity contribution is 5.93. The van der Waals surface area contributed by atoms with E-state index in [1.54, 1.807) is 0 Å². The Labute approximate surface area is 182 Å². The van der Waals surface area contributed by atoms with E-state index in [-0.39, 0.29) is 17.9 Å². The van der Waals surface area contributed by atoms with Crippen molar-refractivity contribution in [3.8, 4) is 0 Å². The maximum absolute atomic E-state index is 12.8. The summed E-state index contributed by atoms with van der Waals surface area (Å²) in [5.74, 6) is -0.928. The van der Waals surface area contributed by atoms with Gasteiger partial charge < -0.3 is 14.6 Å². The predicted octanol–water partition coefficient (Wildman–Crippen LogP) is 6.27. The van der Waals surface area contributed by atoms with Gasteiger partial charge in [-0.1, -0.05) is 34.6 Å². The summed E-state index contributed by atoms with van der Waals surface area (Å²) in [5.41, 5.74) is 3.69. The fraction of sp³-hybridized carbons (Fsp3) is 0.565. The van der Waals surface area contributed by atoms with E-state index >= 15 is 0 Å². The Morgan fingerprint density at radius 2 is 1.74 bits per heavy atom. The van der Waals surface area contributed by atoms with Gasteiger partial charge in [0, 0.05) is 30.8 Å². The molecule has 172 valence electrons. The van der Waals surface area contributed by atoms with Crippen molar-refractivity contribution in [2.45, 2.75) is 74.0 Å². The van der Waals surface area contributed by atoms with E-state index in [1.165, 1.54) is 0 Å². The molecule has 0 atom stereocenters. The van der Waals surface area contributed by atoms with Crippen LogP contribution in [0.2, 0.25) is 0 Å². The van der Waals surface area contributed by atoms with Crippen molar-refractivity contribution < 1.29 is 22.4 Å². The maximum atomic E-state index is 12.8. The fourth-order valence-electron chi connectivity index (χ4n) is 3.53. The maximum Gasteiger partial charge on any atom is 0.468 e. The van der Waals surface area contributed by atoms with Gasteiger partial charge in [0.05, 0.1) is 6.54 Å². The highest BCUT2D eigenvalue weighted by Crippen LogP contribution is 2.34. The molecular weight excluding hydrogens is 407 g/mol. The summed E-state index contributed by atoms with van der Waals surface area (Å²) in [6.45, 7) is 14.6. The molecular formula is C23H32F3N3O2. The zero-order valence-corrected chi connectivity index (χ0v) is 19.3. The van der Waals surface area contributed by atoms with Crippen LogP contribution >= 0.6 is 0 Å². The number of amides is 1. The molecule has 0 unspecified atom stereocenters. The third kappa shape index (κ3) is 6.24. The van der Waals surface area contributed by atoms with Crippen LogP contribution in [0.5, 0.6) is 0 Å². The number of fused-ring (bicyclic) bond motifs is 1. The standard InChI is InChI=1S/C21H26F3N3O2.C2H6/c1-12-8-14(9-13(2)18(12)26-17(28)10-20(3,4)5)27-7-6-16-15(11-27)25-19(29-16)21(22,23)24;1-2/h8-9H,6-7,10-11H2,1-5H3,(H,26,28);1-2H3. The van der Waals surface area contributed by atoms with Crippen molar-refractivity contribution >= 4 is 17.3 Å². The molecule has 5 nitrogen and oxygen atoms in total. The number of aromatic nitrogens is 1. The van der Waals surface area contributed by atoms with Crippen molar-refractivity contribution in [3.05, 3.63) is 40.6 Å². The molecule has 3 rings (SSSR count). The SMILES string of the molecule is CC.Cc1cc(N2CCc3oc(C(F)(F)F)nc3C2)cc(C)c1NC(=O)CC(C)(C)C. The predicted molar refractivity (Wildman–Crippen MR) is 116 cm³/mol. The second-order valence-corrected chi connectivity index (χ2v) is 8.80. The van der Waals surface area contributed by atoms with Gasteiger partial charge in [-0.25, -0.2) is 4.98 Å². The van der Waals surface area contributed by atoms with E-state index < -0.39 is 12.1 Å². The number of halogens is 3. The lowest BCUT2D eigenvalue weighted by Gasteiger charge is -2.29. The van der Waals surface area contributed by atoms with Crippen LogP contribution in [-0.2, 0) is 23.9 Å². The summed E-state index contributed by atoms with van der Waals surface area (Å²) in [7, 11) is 0. The molecule has 1 N–H and O–H groups in total. The minimum atomic E-state index is -4.58. The minimum absolute atomic E-state index is 0.0404. The Balaban J connectivity index is 0.00000166. The van der Waals surface area contributed by atoms with Gasteiger partial charge in [0.1, 0.15) is 11.5 Å². The van der Waals surface area contributed by atoms with Crippen LogP contribution in [0.1, 0.15) is 69.5 Å². The summed E-state index contributed by atoms with van der Waals surface area (Å²) in [6.07, 6.45) is -3.81. The topological polar surface area (TPSA) is 58.4 Å². The van der Waals surface area contributed by atoms with Crippen LogP contribution in [0.25, 0.3) is 0 Å². The summed E-state index contributed by atoms with van der Waals surface area (Å²) < 4.78 is 43.4. The Bertz CT molecular complexity index is 904. The highest BCUT2D eigenvalue weighted by Gasteiger charge is 2.39. The minimum Gasteiger partial charge on any atom is -0.438 e. The molecule has 1 aliphatic heterocycles. The molecule has 2 heterocycles. The smallest absolute Gasteiger partial charge is 0.438 e. The molecule has 0 radical (unpaired) electrons. The molecule has 1 aromatic heterocycles. The number of hydrogen-bond donors (Lipinski definition) is 1. The first-order valence-electron chi connectivity index (χ1n) is 10.6. The number of oxazole rings is 1. The van der Waals surface area contributed by atoms with Crippen molar-refractivity contribution in [2.24, 2.45) is 5.41 Å². The van der Waals surface area contributed by atoms with E-state index in [0.717, 1.165) is 22.5 Å². The molecule has 1 amide bonds. The summed E-state index contributed by atoms with van der Waals surface area (Å²) in [4.78, 5) is 17.9. The lowest BCUT2D eigenvalue weighted by Crippen LogP contribution is -2.30. The van der Waals surface area contributed by atoms with Gasteiger partial charge in [0.2, 0.25) is 5.91 Å². The van der Waals surface area contributed by atoms with Gasteiger partial charge in [-0.2, -0.15) is 13.2 Å². The number of nitrogens with one attached hydrogen (secondary N) is 1. The van der Waals surface area contributed by atoms with Gasteiger partial charge in [-0.3, -0.25) is 4.79 Å². The Kier molecular flexibility index (Phi) is 7.44. The first-order valence-corrected chi connectivity index (χ1v) is 10.6. The molecule has 1 aromatic carbocycles. The number of carbonyl (C=O) groups excluding carboxylic acids is 1. The number of anilines is 2. The molecule has 31 heavy (non-hydrogen) atoms. The molecule has 0 aliphatic carbocycles. The summed E-state index contributed by atoms with van der Waals surface area (Å²) >= 11 is 0. The normalized spacial score (nSPS) is 13.9. The van der Waals surface area contributed by atoms with Crippen LogP contribution in [0.3, 0.4) is 0 Å². The average Bonchev–Trinajstić information content (AvgIpc) is 3.08.